The Morgan fingerprint density at radius 1 is 1.00 bits per heavy atom. The fourth-order valence-electron chi connectivity index (χ4n) is 6.34. The molecular formula is C33H38FN5O3S. The van der Waals surface area contributed by atoms with Gasteiger partial charge in [-0.15, -0.1) is 0 Å². The van der Waals surface area contributed by atoms with E-state index in [9.17, 15) is 8.42 Å². The normalized spacial score (nSPS) is 19.8. The van der Waals surface area contributed by atoms with Gasteiger partial charge in [0, 0.05) is 35.9 Å². The number of aryl methyl sites for hydroxylation is 1. The molecule has 1 aliphatic carbocycles. The second-order valence-electron chi connectivity index (χ2n) is 12.0. The summed E-state index contributed by atoms with van der Waals surface area (Å²) in [5.41, 5.74) is 2.34. The van der Waals surface area contributed by atoms with Crippen LogP contribution in [0.5, 0.6) is 11.6 Å². The second-order valence-corrected chi connectivity index (χ2v) is 14.2. The van der Waals surface area contributed by atoms with Crippen molar-refractivity contribution < 1.29 is 17.5 Å². The van der Waals surface area contributed by atoms with Gasteiger partial charge in [0.1, 0.15) is 11.6 Å². The molecule has 1 saturated heterocycles. The van der Waals surface area contributed by atoms with E-state index < -0.39 is 20.9 Å². The first-order valence-electron chi connectivity index (χ1n) is 15.1. The number of rotatable bonds is 8. The van der Waals surface area contributed by atoms with Gasteiger partial charge in [0.15, 0.2) is 9.84 Å². The summed E-state index contributed by atoms with van der Waals surface area (Å²) < 4.78 is 48.4. The maximum atomic E-state index is 15.2. The number of halogens is 1. The van der Waals surface area contributed by atoms with E-state index in [0.717, 1.165) is 44.3 Å². The summed E-state index contributed by atoms with van der Waals surface area (Å²) in [6.07, 6.45) is 8.52. The van der Waals surface area contributed by atoms with Crippen LogP contribution in [-0.4, -0.2) is 47.8 Å². The Morgan fingerprint density at radius 3 is 2.63 bits per heavy atom. The third-order valence-electron chi connectivity index (χ3n) is 8.61. The van der Waals surface area contributed by atoms with Crippen LogP contribution in [0, 0.1) is 18.7 Å². The predicted octanol–water partition coefficient (Wildman–Crippen LogP) is 6.59. The number of hydrogen-bond acceptors (Lipinski definition) is 8. The van der Waals surface area contributed by atoms with Crippen molar-refractivity contribution in [2.45, 2.75) is 69.4 Å². The first-order valence-corrected chi connectivity index (χ1v) is 16.9. The molecule has 0 spiro atoms. The van der Waals surface area contributed by atoms with Gasteiger partial charge < -0.3 is 15.4 Å². The SMILES string of the molecule is Cc1ccc2c(CS(=O)(=O)C3CCCCC3)c(F)ccc2c1Oc1ncccc1-c1ccnc(N[C@@H]2CNC[C@H](C)C2)n1. The van der Waals surface area contributed by atoms with Gasteiger partial charge >= 0.3 is 0 Å². The maximum Gasteiger partial charge on any atom is 0.228 e. The van der Waals surface area contributed by atoms with E-state index in [1.165, 1.54) is 6.07 Å². The number of nitrogens with zero attached hydrogens (tertiary/aromatic N) is 3. The Hall–Kier alpha value is -3.63. The van der Waals surface area contributed by atoms with Crippen LogP contribution in [0.1, 0.15) is 56.6 Å². The van der Waals surface area contributed by atoms with Crippen LogP contribution >= 0.6 is 0 Å². The van der Waals surface area contributed by atoms with Crippen molar-refractivity contribution in [1.29, 1.82) is 0 Å². The van der Waals surface area contributed by atoms with Crippen LogP contribution in [0.2, 0.25) is 0 Å². The van der Waals surface area contributed by atoms with Gasteiger partial charge in [0.05, 0.1) is 22.3 Å². The first-order chi connectivity index (χ1) is 20.8. The summed E-state index contributed by atoms with van der Waals surface area (Å²) in [5.74, 6) is 1.10. The van der Waals surface area contributed by atoms with Crippen molar-refractivity contribution in [2.24, 2.45) is 5.92 Å². The lowest BCUT2D eigenvalue weighted by Crippen LogP contribution is -2.42. The molecule has 2 fully saturated rings. The minimum atomic E-state index is -3.51. The average molecular weight is 604 g/mol. The zero-order chi connectivity index (χ0) is 30.0. The molecule has 2 atom stereocenters. The van der Waals surface area contributed by atoms with Gasteiger partial charge in [0.25, 0.3) is 0 Å². The zero-order valence-electron chi connectivity index (χ0n) is 24.6. The van der Waals surface area contributed by atoms with Crippen molar-refractivity contribution >= 4 is 26.6 Å². The molecule has 43 heavy (non-hydrogen) atoms. The van der Waals surface area contributed by atoms with E-state index in [4.69, 9.17) is 9.72 Å². The molecule has 1 saturated carbocycles. The molecule has 0 amide bonds. The number of benzene rings is 2. The molecule has 2 aliphatic rings. The number of hydrogen-bond donors (Lipinski definition) is 2. The van der Waals surface area contributed by atoms with Crippen molar-refractivity contribution in [2.75, 3.05) is 18.4 Å². The summed E-state index contributed by atoms with van der Waals surface area (Å²) in [6.45, 7) is 5.99. The highest BCUT2D eigenvalue weighted by Gasteiger charge is 2.29. The topological polar surface area (TPSA) is 106 Å². The maximum absolute atomic E-state index is 15.2. The summed E-state index contributed by atoms with van der Waals surface area (Å²) in [6, 6.07) is 12.4. The van der Waals surface area contributed by atoms with Crippen molar-refractivity contribution in [3.63, 3.8) is 0 Å². The van der Waals surface area contributed by atoms with Gasteiger partial charge in [0.2, 0.25) is 11.8 Å². The monoisotopic (exact) mass is 603 g/mol. The van der Waals surface area contributed by atoms with Crippen LogP contribution in [-0.2, 0) is 15.6 Å². The molecular weight excluding hydrogens is 565 g/mol. The number of pyridine rings is 1. The number of fused-ring (bicyclic) bond motifs is 1. The molecule has 2 N–H and O–H groups in total. The molecule has 6 rings (SSSR count). The molecule has 0 unspecified atom stereocenters. The fourth-order valence-corrected chi connectivity index (χ4v) is 8.32. The van der Waals surface area contributed by atoms with Crippen LogP contribution in [0.3, 0.4) is 0 Å². The van der Waals surface area contributed by atoms with Gasteiger partial charge in [-0.2, -0.15) is 0 Å². The van der Waals surface area contributed by atoms with E-state index in [0.29, 0.717) is 58.4 Å². The van der Waals surface area contributed by atoms with Crippen LogP contribution in [0.15, 0.2) is 54.9 Å². The molecule has 3 heterocycles. The highest BCUT2D eigenvalue weighted by Crippen LogP contribution is 2.39. The smallest absolute Gasteiger partial charge is 0.228 e. The van der Waals surface area contributed by atoms with Crippen LogP contribution in [0.4, 0.5) is 10.3 Å². The predicted molar refractivity (Wildman–Crippen MR) is 168 cm³/mol. The Balaban J connectivity index is 1.32. The van der Waals surface area contributed by atoms with E-state index in [-0.39, 0.29) is 17.4 Å². The van der Waals surface area contributed by atoms with Gasteiger partial charge in [-0.1, -0.05) is 38.3 Å². The molecule has 1 aliphatic heterocycles. The molecule has 0 bridgehead atoms. The highest BCUT2D eigenvalue weighted by atomic mass is 32.2. The zero-order valence-corrected chi connectivity index (χ0v) is 25.5. The lowest BCUT2D eigenvalue weighted by Gasteiger charge is -2.28. The second kappa shape index (κ2) is 12.5. The van der Waals surface area contributed by atoms with Crippen LogP contribution < -0.4 is 15.4 Å². The van der Waals surface area contributed by atoms with E-state index >= 15 is 4.39 Å². The molecule has 4 aromatic rings. The number of ether oxygens (including phenoxy) is 1. The summed E-state index contributed by atoms with van der Waals surface area (Å²) in [5, 5.41) is 7.63. The standard InChI is InChI=1S/C33H38FN5O3S/c1-21-17-23(19-35-18-21)38-33-37-16-14-30(39-33)27-9-6-15-36-32(27)42-31-22(2)10-11-25-26(31)12-13-29(34)28(25)20-43(40,41)24-7-4-3-5-8-24/h6,9-16,21,23-24,35H,3-5,7-8,17-20H2,1-2H3,(H,37,38,39)/t21-,23+/m1/s1. The minimum absolute atomic E-state index is 0.187. The number of sulfone groups is 1. The third-order valence-corrected chi connectivity index (χ3v) is 10.8. The van der Waals surface area contributed by atoms with E-state index in [2.05, 4.69) is 27.5 Å². The lowest BCUT2D eigenvalue weighted by molar-refractivity contribution is 0.377. The molecule has 10 heteroatoms. The minimum Gasteiger partial charge on any atom is -0.437 e. The molecule has 2 aromatic carbocycles. The number of nitrogens with one attached hydrogen (secondary N) is 2. The lowest BCUT2D eigenvalue weighted by atomic mass is 9.98. The summed E-state index contributed by atoms with van der Waals surface area (Å²) >= 11 is 0. The van der Waals surface area contributed by atoms with E-state index in [1.54, 1.807) is 24.5 Å². The molecule has 0 radical (unpaired) electrons. The Kier molecular flexibility index (Phi) is 8.59. The quantitative estimate of drug-likeness (QED) is 0.232. The van der Waals surface area contributed by atoms with Crippen molar-refractivity contribution in [1.82, 2.24) is 20.3 Å². The largest absolute Gasteiger partial charge is 0.437 e. The molecule has 226 valence electrons. The summed E-state index contributed by atoms with van der Waals surface area (Å²) in [4.78, 5) is 13.7. The molecule has 8 nitrogen and oxygen atoms in total. The van der Waals surface area contributed by atoms with Crippen molar-refractivity contribution in [3.8, 4) is 22.9 Å². The number of aromatic nitrogens is 3. The van der Waals surface area contributed by atoms with Crippen molar-refractivity contribution in [3.05, 3.63) is 71.8 Å². The Morgan fingerprint density at radius 2 is 1.81 bits per heavy atom. The average Bonchev–Trinajstić information content (AvgIpc) is 3.01. The Labute approximate surface area is 252 Å². The molecule has 2 aromatic heterocycles. The third kappa shape index (κ3) is 6.50. The Bertz CT molecular complexity index is 1730. The van der Waals surface area contributed by atoms with Gasteiger partial charge in [-0.25, -0.2) is 27.8 Å². The fraction of sp³-hybridized carbons (Fsp3) is 0.424. The van der Waals surface area contributed by atoms with E-state index in [1.807, 2.05) is 31.2 Å². The van der Waals surface area contributed by atoms with Gasteiger partial charge in [-0.05, 0) is 79.9 Å². The number of anilines is 1. The number of piperidine rings is 1. The first kappa shape index (κ1) is 29.4. The summed E-state index contributed by atoms with van der Waals surface area (Å²) in [7, 11) is -3.51. The van der Waals surface area contributed by atoms with Gasteiger partial charge in [-0.3, -0.25) is 0 Å². The highest BCUT2D eigenvalue weighted by molar-refractivity contribution is 7.91. The van der Waals surface area contributed by atoms with Crippen LogP contribution in [0.25, 0.3) is 22.0 Å².